The summed E-state index contributed by atoms with van der Waals surface area (Å²) in [5.41, 5.74) is 1.87. The van der Waals surface area contributed by atoms with Crippen molar-refractivity contribution in [1.29, 1.82) is 0 Å². The second kappa shape index (κ2) is 11.5. The Kier molecular flexibility index (Phi) is 8.17. The lowest BCUT2D eigenvalue weighted by molar-refractivity contribution is -0.188. The number of amides is 4. The molecule has 0 bridgehead atoms. The van der Waals surface area contributed by atoms with Crippen LogP contribution in [0.25, 0.3) is 0 Å². The van der Waals surface area contributed by atoms with Crippen LogP contribution in [0, 0.1) is 0 Å². The number of ether oxygens (including phenoxy) is 2. The molecule has 0 aromatic heterocycles. The van der Waals surface area contributed by atoms with Gasteiger partial charge in [-0.2, -0.15) is 0 Å². The van der Waals surface area contributed by atoms with E-state index in [9.17, 15) is 14.4 Å². The quantitative estimate of drug-likeness (QED) is 0.588. The van der Waals surface area contributed by atoms with Crippen molar-refractivity contribution < 1.29 is 23.9 Å². The average Bonchev–Trinajstić information content (AvgIpc) is 2.90. The van der Waals surface area contributed by atoms with E-state index in [0.717, 1.165) is 29.0 Å². The first-order valence-electron chi connectivity index (χ1n) is 12.5. The van der Waals surface area contributed by atoms with Crippen LogP contribution in [0.4, 0.5) is 4.79 Å². The summed E-state index contributed by atoms with van der Waals surface area (Å²) in [6.45, 7) is 2.94. The lowest BCUT2D eigenvalue weighted by Crippen LogP contribution is -2.75. The zero-order chi connectivity index (χ0) is 26.5. The highest BCUT2D eigenvalue weighted by atomic mass is 16.5. The van der Waals surface area contributed by atoms with Crippen molar-refractivity contribution in [3.8, 4) is 11.5 Å². The highest BCUT2D eigenvalue weighted by Crippen LogP contribution is 2.29. The van der Waals surface area contributed by atoms with Gasteiger partial charge < -0.3 is 24.6 Å². The molecule has 0 spiro atoms. The molecule has 1 N–H and O–H groups in total. The Balaban J connectivity index is 1.55. The van der Waals surface area contributed by atoms with Crippen LogP contribution in [0.1, 0.15) is 30.9 Å². The highest BCUT2D eigenvalue weighted by Gasteiger charge is 2.50. The molecule has 2 unspecified atom stereocenters. The van der Waals surface area contributed by atoms with Gasteiger partial charge in [-0.1, -0.05) is 37.6 Å². The number of hydrazine groups is 1. The molecule has 10 nitrogen and oxygen atoms in total. The molecule has 2 atom stereocenters. The molecule has 4 amide bonds. The van der Waals surface area contributed by atoms with Crippen molar-refractivity contribution in [3.63, 3.8) is 0 Å². The number of hydrogen-bond acceptors (Lipinski definition) is 6. The van der Waals surface area contributed by atoms with E-state index in [0.29, 0.717) is 19.5 Å². The molecule has 37 heavy (non-hydrogen) atoms. The molecule has 2 heterocycles. The van der Waals surface area contributed by atoms with Gasteiger partial charge in [0, 0.05) is 20.1 Å². The maximum Gasteiger partial charge on any atom is 0.334 e. The van der Waals surface area contributed by atoms with Gasteiger partial charge in [-0.05, 0) is 41.8 Å². The molecule has 0 saturated carbocycles. The van der Waals surface area contributed by atoms with Gasteiger partial charge in [0.05, 0.1) is 27.3 Å². The number of nitrogens with zero attached hydrogens (tertiary/aromatic N) is 4. The number of carbonyl (C=O) groups is 3. The van der Waals surface area contributed by atoms with Gasteiger partial charge in [0.2, 0.25) is 11.8 Å². The Morgan fingerprint density at radius 1 is 0.973 bits per heavy atom. The summed E-state index contributed by atoms with van der Waals surface area (Å²) in [4.78, 5) is 43.5. The van der Waals surface area contributed by atoms with Crippen LogP contribution in [0.2, 0.25) is 0 Å². The second-order valence-corrected chi connectivity index (χ2v) is 9.32. The standard InChI is InChI=1S/C27H35N5O5/c1-5-6-23-26(34)30(16-20-9-13-22(37-4)14-10-20)17-24-31(23)25(33)18-29(2)32(24)27(35)28-15-19-7-11-21(36-3)12-8-19/h7-14,23-24H,5-6,15-18H2,1-4H3,(H,28,35). The zero-order valence-corrected chi connectivity index (χ0v) is 21.8. The average molecular weight is 510 g/mol. The molecule has 4 rings (SSSR count). The predicted octanol–water partition coefficient (Wildman–Crippen LogP) is 2.44. The van der Waals surface area contributed by atoms with Crippen LogP contribution in [0.3, 0.4) is 0 Å². The molecule has 2 aliphatic rings. The lowest BCUT2D eigenvalue weighted by Gasteiger charge is -2.54. The van der Waals surface area contributed by atoms with Gasteiger partial charge in [-0.15, -0.1) is 0 Å². The summed E-state index contributed by atoms with van der Waals surface area (Å²) >= 11 is 0. The summed E-state index contributed by atoms with van der Waals surface area (Å²) in [7, 11) is 4.94. The smallest absolute Gasteiger partial charge is 0.334 e. The number of nitrogens with one attached hydrogen (secondary N) is 1. The Hall–Kier alpha value is -3.79. The molecule has 10 heteroatoms. The van der Waals surface area contributed by atoms with Gasteiger partial charge in [0.1, 0.15) is 23.7 Å². The summed E-state index contributed by atoms with van der Waals surface area (Å²) in [6.07, 6.45) is 0.670. The van der Waals surface area contributed by atoms with Gasteiger partial charge in [0.15, 0.2) is 0 Å². The fraction of sp³-hybridized carbons (Fsp3) is 0.444. The minimum absolute atomic E-state index is 0.0262. The highest BCUT2D eigenvalue weighted by molar-refractivity contribution is 5.91. The van der Waals surface area contributed by atoms with Crippen molar-refractivity contribution >= 4 is 17.8 Å². The Morgan fingerprint density at radius 3 is 2.14 bits per heavy atom. The number of urea groups is 1. The minimum atomic E-state index is -0.611. The molecule has 2 fully saturated rings. The van der Waals surface area contributed by atoms with Gasteiger partial charge in [0.25, 0.3) is 0 Å². The summed E-state index contributed by atoms with van der Waals surface area (Å²) in [5, 5.41) is 6.18. The van der Waals surface area contributed by atoms with Crippen LogP contribution >= 0.6 is 0 Å². The van der Waals surface area contributed by atoms with Crippen molar-refractivity contribution in [2.24, 2.45) is 0 Å². The first-order chi connectivity index (χ1) is 17.9. The molecule has 2 aromatic rings. The van der Waals surface area contributed by atoms with Gasteiger partial charge in [-0.3, -0.25) is 9.59 Å². The van der Waals surface area contributed by atoms with Crippen LogP contribution in [-0.2, 0) is 22.7 Å². The van der Waals surface area contributed by atoms with Crippen LogP contribution < -0.4 is 14.8 Å². The number of carbonyl (C=O) groups excluding carboxylic acids is 3. The fourth-order valence-electron chi connectivity index (χ4n) is 4.95. The predicted molar refractivity (Wildman–Crippen MR) is 137 cm³/mol. The maximum absolute atomic E-state index is 13.5. The van der Waals surface area contributed by atoms with Crippen LogP contribution in [-0.4, -0.2) is 84.2 Å². The number of piperazine rings is 1. The largest absolute Gasteiger partial charge is 0.497 e. The SMILES string of the molecule is CCCC1C(=O)N(Cc2ccc(OC)cc2)CC2N1C(=O)CN(C)N2C(=O)NCc1ccc(OC)cc1. The third kappa shape index (κ3) is 5.64. The van der Waals surface area contributed by atoms with Crippen LogP contribution in [0.5, 0.6) is 11.5 Å². The summed E-state index contributed by atoms with van der Waals surface area (Å²) in [6, 6.07) is 14.1. The summed E-state index contributed by atoms with van der Waals surface area (Å²) in [5.74, 6) is 1.24. The Morgan fingerprint density at radius 2 is 1.57 bits per heavy atom. The number of likely N-dealkylation sites (N-methyl/N-ethyl adjacent to an activating group) is 1. The van der Waals surface area contributed by atoms with E-state index >= 15 is 0 Å². The fourth-order valence-corrected chi connectivity index (χ4v) is 4.95. The number of rotatable bonds is 8. The van der Waals surface area contributed by atoms with E-state index < -0.39 is 12.2 Å². The van der Waals surface area contributed by atoms with E-state index in [-0.39, 0.29) is 30.9 Å². The van der Waals surface area contributed by atoms with Gasteiger partial charge in [-0.25, -0.2) is 14.8 Å². The first kappa shape index (κ1) is 26.3. The molecule has 2 aliphatic heterocycles. The zero-order valence-electron chi connectivity index (χ0n) is 21.8. The normalized spacial score (nSPS) is 20.1. The summed E-state index contributed by atoms with van der Waals surface area (Å²) < 4.78 is 10.4. The number of methoxy groups -OCH3 is 2. The topological polar surface area (TPSA) is 94.7 Å². The molecule has 0 radical (unpaired) electrons. The van der Waals surface area contributed by atoms with Crippen molar-refractivity contribution in [2.75, 3.05) is 34.4 Å². The lowest BCUT2D eigenvalue weighted by atomic mass is 10.0. The van der Waals surface area contributed by atoms with Crippen molar-refractivity contribution in [1.82, 2.24) is 25.1 Å². The van der Waals surface area contributed by atoms with E-state index in [1.54, 1.807) is 41.1 Å². The monoisotopic (exact) mass is 509 g/mol. The number of fused-ring (bicyclic) bond motifs is 1. The molecule has 198 valence electrons. The Bertz CT molecular complexity index is 1110. The van der Waals surface area contributed by atoms with Crippen molar-refractivity contribution in [3.05, 3.63) is 59.7 Å². The second-order valence-electron chi connectivity index (χ2n) is 9.32. The first-order valence-corrected chi connectivity index (χ1v) is 12.5. The van der Waals surface area contributed by atoms with Gasteiger partial charge >= 0.3 is 6.03 Å². The van der Waals surface area contributed by atoms with E-state index in [1.165, 1.54) is 0 Å². The van der Waals surface area contributed by atoms with Crippen LogP contribution in [0.15, 0.2) is 48.5 Å². The molecular weight excluding hydrogens is 474 g/mol. The Labute approximate surface area is 217 Å². The van der Waals surface area contributed by atoms with E-state index in [1.807, 2.05) is 55.5 Å². The third-order valence-corrected chi connectivity index (χ3v) is 6.84. The number of benzene rings is 2. The maximum atomic E-state index is 13.5. The molecule has 2 saturated heterocycles. The molecule has 2 aromatic carbocycles. The third-order valence-electron chi connectivity index (χ3n) is 6.84. The number of hydrogen-bond donors (Lipinski definition) is 1. The molecule has 0 aliphatic carbocycles. The molecular formula is C27H35N5O5. The van der Waals surface area contributed by atoms with E-state index in [4.69, 9.17) is 9.47 Å². The van der Waals surface area contributed by atoms with Crippen molar-refractivity contribution in [2.45, 2.75) is 45.1 Å². The van der Waals surface area contributed by atoms with E-state index in [2.05, 4.69) is 5.32 Å². The minimum Gasteiger partial charge on any atom is -0.497 e.